The second-order valence-corrected chi connectivity index (χ2v) is 6.92. The number of halogens is 1. The molecule has 0 radical (unpaired) electrons. The molecule has 1 fully saturated rings. The molecule has 5 heteroatoms. The smallest absolute Gasteiger partial charge is 0.113 e. The summed E-state index contributed by atoms with van der Waals surface area (Å²) < 4.78 is 0. The molecule has 1 aliphatic carbocycles. The van der Waals surface area contributed by atoms with Crippen LogP contribution >= 0.6 is 11.6 Å². The fourth-order valence-corrected chi connectivity index (χ4v) is 4.34. The summed E-state index contributed by atoms with van der Waals surface area (Å²) >= 11 is 6.18. The van der Waals surface area contributed by atoms with E-state index in [1.807, 2.05) is 18.2 Å². The summed E-state index contributed by atoms with van der Waals surface area (Å²) in [5.74, 6) is 1.22. The maximum atomic E-state index is 6.18. The molecule has 1 spiro atoms. The van der Waals surface area contributed by atoms with Crippen LogP contribution in [0.25, 0.3) is 0 Å². The minimum Gasteiger partial charge on any atom is -0.354 e. The van der Waals surface area contributed by atoms with E-state index in [1.54, 1.807) is 0 Å². The Balaban J connectivity index is 1.78. The highest BCUT2D eigenvalue weighted by Gasteiger charge is 2.52. The number of benzene rings is 1. The summed E-state index contributed by atoms with van der Waals surface area (Å²) in [7, 11) is 2.24. The first-order valence-corrected chi connectivity index (χ1v) is 8.08. The van der Waals surface area contributed by atoms with Crippen LogP contribution in [0.3, 0.4) is 0 Å². The van der Waals surface area contributed by atoms with Crippen LogP contribution in [0.1, 0.15) is 6.42 Å². The van der Waals surface area contributed by atoms with Gasteiger partial charge in [0.2, 0.25) is 0 Å². The van der Waals surface area contributed by atoms with Crippen LogP contribution in [0.4, 0.5) is 11.4 Å². The molecular weight excluding hydrogens is 296 g/mol. The van der Waals surface area contributed by atoms with E-state index in [9.17, 15) is 0 Å². The van der Waals surface area contributed by atoms with E-state index in [0.29, 0.717) is 0 Å². The predicted molar refractivity (Wildman–Crippen MR) is 89.9 cm³/mol. The zero-order chi connectivity index (χ0) is 14.9. The zero-order valence-corrected chi connectivity index (χ0v) is 13.2. The number of allylic oxidation sites excluding steroid dienone is 1. The van der Waals surface area contributed by atoms with Crippen LogP contribution in [0, 0.1) is 0 Å². The van der Waals surface area contributed by atoms with Gasteiger partial charge in [0.15, 0.2) is 0 Å². The van der Waals surface area contributed by atoms with E-state index in [-0.39, 0.29) is 5.54 Å². The molecule has 1 aromatic carbocycles. The quantitative estimate of drug-likeness (QED) is 0.799. The van der Waals surface area contributed by atoms with Gasteiger partial charge in [-0.2, -0.15) is 0 Å². The number of aliphatic imine (C=N–C) groups is 1. The first-order chi connectivity index (χ1) is 10.7. The Hall–Kier alpha value is -1.78. The van der Waals surface area contributed by atoms with Gasteiger partial charge in [-0.25, -0.2) is 4.99 Å². The Kier molecular flexibility index (Phi) is 2.40. The van der Waals surface area contributed by atoms with Crippen LogP contribution in [0.2, 0.25) is 5.02 Å². The molecule has 3 aliphatic heterocycles. The second-order valence-electron chi connectivity index (χ2n) is 6.49. The van der Waals surface area contributed by atoms with Crippen LogP contribution < -0.4 is 5.32 Å². The third kappa shape index (κ3) is 1.49. The fraction of sp³-hybridized carbons (Fsp3) is 0.353. The molecule has 1 saturated heterocycles. The third-order valence-corrected chi connectivity index (χ3v) is 5.58. The summed E-state index contributed by atoms with van der Waals surface area (Å²) in [6.45, 7) is 3.17. The first kappa shape index (κ1) is 12.7. The first-order valence-electron chi connectivity index (χ1n) is 7.70. The lowest BCUT2D eigenvalue weighted by Gasteiger charge is -2.45. The van der Waals surface area contributed by atoms with Crippen LogP contribution in [-0.4, -0.2) is 47.7 Å². The van der Waals surface area contributed by atoms with Crippen molar-refractivity contribution in [1.29, 1.82) is 0 Å². The Labute approximate surface area is 134 Å². The summed E-state index contributed by atoms with van der Waals surface area (Å²) in [4.78, 5) is 9.89. The van der Waals surface area contributed by atoms with Crippen molar-refractivity contribution in [2.75, 3.05) is 32.0 Å². The van der Waals surface area contributed by atoms with Crippen molar-refractivity contribution in [2.24, 2.45) is 4.99 Å². The number of hydrogen-bond donors (Lipinski definition) is 1. The van der Waals surface area contributed by atoms with Gasteiger partial charge in [-0.05, 0) is 37.7 Å². The van der Waals surface area contributed by atoms with Crippen molar-refractivity contribution in [3.8, 4) is 0 Å². The van der Waals surface area contributed by atoms with E-state index in [2.05, 4.69) is 34.3 Å². The molecule has 0 saturated carbocycles. The summed E-state index contributed by atoms with van der Waals surface area (Å²) in [6, 6.07) is 5.86. The van der Waals surface area contributed by atoms with E-state index in [0.717, 1.165) is 48.2 Å². The highest BCUT2D eigenvalue weighted by atomic mass is 35.5. The maximum Gasteiger partial charge on any atom is 0.113 e. The molecule has 3 heterocycles. The molecule has 22 heavy (non-hydrogen) atoms. The van der Waals surface area contributed by atoms with E-state index < -0.39 is 0 Å². The Morgan fingerprint density at radius 1 is 1.32 bits per heavy atom. The zero-order valence-electron chi connectivity index (χ0n) is 12.4. The summed E-state index contributed by atoms with van der Waals surface area (Å²) in [5.41, 5.74) is 4.46. The van der Waals surface area contributed by atoms with Crippen LogP contribution in [0.5, 0.6) is 0 Å². The average molecular weight is 313 g/mol. The van der Waals surface area contributed by atoms with Gasteiger partial charge in [-0.3, -0.25) is 4.90 Å². The molecule has 5 rings (SSSR count). The molecule has 0 amide bonds. The largest absolute Gasteiger partial charge is 0.354 e. The molecule has 1 atom stereocenters. The van der Waals surface area contributed by atoms with Crippen molar-refractivity contribution >= 4 is 28.7 Å². The molecule has 112 valence electrons. The Morgan fingerprint density at radius 3 is 3.14 bits per heavy atom. The summed E-state index contributed by atoms with van der Waals surface area (Å²) in [6.07, 6.45) is 5.49. The average Bonchev–Trinajstić information content (AvgIpc) is 2.65. The SMILES string of the molecule is CN1CCN2CC13CC=CC1=Nc4ccc(Cl)cc4NC2=C13. The van der Waals surface area contributed by atoms with E-state index >= 15 is 0 Å². The van der Waals surface area contributed by atoms with Crippen molar-refractivity contribution < 1.29 is 0 Å². The number of likely N-dealkylation sites (N-methyl/N-ethyl adjacent to an activating group) is 1. The van der Waals surface area contributed by atoms with Crippen LogP contribution in [0.15, 0.2) is 46.7 Å². The number of nitrogens with one attached hydrogen (secondary N) is 1. The lowest BCUT2D eigenvalue weighted by Crippen LogP contribution is -2.58. The molecule has 4 aliphatic rings. The molecule has 4 nitrogen and oxygen atoms in total. The second kappa shape index (κ2) is 4.15. The lowest BCUT2D eigenvalue weighted by atomic mass is 9.79. The minimum atomic E-state index is 0.0694. The number of anilines is 1. The lowest BCUT2D eigenvalue weighted by molar-refractivity contribution is 0.0889. The van der Waals surface area contributed by atoms with Crippen molar-refractivity contribution in [3.05, 3.63) is 46.8 Å². The monoisotopic (exact) mass is 312 g/mol. The fourth-order valence-electron chi connectivity index (χ4n) is 4.17. The van der Waals surface area contributed by atoms with E-state index in [1.165, 1.54) is 11.4 Å². The van der Waals surface area contributed by atoms with Crippen molar-refractivity contribution in [3.63, 3.8) is 0 Å². The van der Waals surface area contributed by atoms with Gasteiger partial charge in [0.1, 0.15) is 5.82 Å². The van der Waals surface area contributed by atoms with Gasteiger partial charge in [0.05, 0.1) is 22.6 Å². The number of hydrogen-bond acceptors (Lipinski definition) is 4. The van der Waals surface area contributed by atoms with Crippen LogP contribution in [-0.2, 0) is 0 Å². The number of fused-ring (bicyclic) bond motifs is 3. The van der Waals surface area contributed by atoms with Crippen molar-refractivity contribution in [1.82, 2.24) is 9.80 Å². The van der Waals surface area contributed by atoms with Gasteiger partial charge in [-0.1, -0.05) is 17.7 Å². The van der Waals surface area contributed by atoms with Gasteiger partial charge in [-0.15, -0.1) is 0 Å². The highest BCUT2D eigenvalue weighted by Crippen LogP contribution is 2.47. The van der Waals surface area contributed by atoms with Gasteiger partial charge < -0.3 is 10.2 Å². The van der Waals surface area contributed by atoms with Crippen molar-refractivity contribution in [2.45, 2.75) is 12.0 Å². The topological polar surface area (TPSA) is 30.9 Å². The predicted octanol–water partition coefficient (Wildman–Crippen LogP) is 3.01. The third-order valence-electron chi connectivity index (χ3n) is 5.35. The summed E-state index contributed by atoms with van der Waals surface area (Å²) in [5, 5.41) is 4.36. The van der Waals surface area contributed by atoms with Gasteiger partial charge >= 0.3 is 0 Å². The van der Waals surface area contributed by atoms with Gasteiger partial charge in [0.25, 0.3) is 0 Å². The maximum absolute atomic E-state index is 6.18. The number of nitrogens with zero attached hydrogens (tertiary/aromatic N) is 3. The molecule has 0 aromatic heterocycles. The Bertz CT molecular complexity index is 779. The van der Waals surface area contributed by atoms with E-state index in [4.69, 9.17) is 16.6 Å². The molecular formula is C17H17ClN4. The Morgan fingerprint density at radius 2 is 2.23 bits per heavy atom. The number of piperazine rings is 1. The molecule has 2 bridgehead atoms. The molecule has 1 aromatic rings. The molecule has 1 unspecified atom stereocenters. The normalized spacial score (nSPS) is 28.8. The highest BCUT2D eigenvalue weighted by molar-refractivity contribution is 6.31. The standard InChI is InChI=1S/C17H17ClN4/c1-21-7-8-22-10-17(21)6-2-3-13-15(17)16(22)20-14-9-11(18)4-5-12(14)19-13/h2-5,9,20H,6-8,10H2,1H3. The molecule has 1 N–H and O–H groups in total. The minimum absolute atomic E-state index is 0.0694. The van der Waals surface area contributed by atoms with Gasteiger partial charge in [0, 0.05) is 30.2 Å². The number of rotatable bonds is 0.